The number of halogens is 6. The highest BCUT2D eigenvalue weighted by Gasteiger charge is 2.53. The average molecular weight is 1190 g/mol. The summed E-state index contributed by atoms with van der Waals surface area (Å²) in [5.41, 5.74) is 0.610. The Morgan fingerprint density at radius 1 is 0.684 bits per heavy atom. The number of aliphatic hydroxyl groups is 2. The van der Waals surface area contributed by atoms with Crippen molar-refractivity contribution >= 4 is 101 Å². The fourth-order valence-electron chi connectivity index (χ4n) is 11.2. The summed E-state index contributed by atoms with van der Waals surface area (Å²) < 4.78 is 54.6. The van der Waals surface area contributed by atoms with E-state index in [0.29, 0.717) is 112 Å². The topological polar surface area (TPSA) is 178 Å². The zero-order chi connectivity index (χ0) is 55.9. The van der Waals surface area contributed by atoms with E-state index in [1.54, 1.807) is 42.5 Å². The Labute approximate surface area is 481 Å². The monoisotopic (exact) mass is 1190 g/mol. The minimum Gasteiger partial charge on any atom is -0.478 e. The molecule has 4 saturated carbocycles. The third-order valence-corrected chi connectivity index (χ3v) is 19.8. The van der Waals surface area contributed by atoms with Crippen LogP contribution in [-0.2, 0) is 33.9 Å². The fraction of sp³-hybridized carbons (Fsp3) is 0.414. The molecule has 0 unspecified atom stereocenters. The molecule has 4 aliphatic rings. The standard InChI is InChI=1S/C29H26Cl2FN3O3S.C29H27Cl2FN2O5S/c1-28(2)13-17(9-10-29(28,36)27-34-25-21(32)11-16(33-3)12-22(25)39-27)37-14-18-24(35-38-26(18)15-7-8-15)23-19(30)5-4-6-20(23)31;1-28(2)12-16(8-9-29(28,37)27-33-24-20(32)10-15(26(35)36)11-21(24)40-27)38-13-17-23(34-39-25(17)14-6-7-14)22-18(30)4-3-5-19(22)31/h4-6,11-12,15,17,36H,7-10,13-14H2,1-2H3;3-5,10-11,14,16,37H,6-9,12-13H2,1-2H3,(H,35,36)/t17-,29-;16-,29-/m00/s1. The molecule has 13 nitrogen and oxygen atoms in total. The SMILES string of the molecule is CC1(C)C[C@@H](OCc2c(-c3c(Cl)cccc3Cl)noc2C2CC2)CC[C@]1(O)c1nc2c(F)cc(C(=O)O)cc2s1.[C-]#[N+]c1cc(F)c2nc([C@@]3(O)CC[C@H](OCc4c(-c5c(Cl)cccc5Cl)noc4C4CC4)CC3(C)C)sc2c1. The molecule has 79 heavy (non-hydrogen) atoms. The van der Waals surface area contributed by atoms with Crippen LogP contribution in [-0.4, -0.2) is 53.8 Å². The number of carboxylic acids is 1. The van der Waals surface area contributed by atoms with E-state index in [1.165, 1.54) is 23.5 Å². The van der Waals surface area contributed by atoms with Crippen LogP contribution in [0.2, 0.25) is 20.1 Å². The Morgan fingerprint density at radius 2 is 1.10 bits per heavy atom. The third kappa shape index (κ3) is 10.5. The number of hydrogen-bond donors (Lipinski definition) is 3. The number of ether oxygens (including phenoxy) is 2. The molecule has 0 spiro atoms. The van der Waals surface area contributed by atoms with Gasteiger partial charge in [0.15, 0.2) is 11.5 Å². The van der Waals surface area contributed by atoms with Crippen molar-refractivity contribution in [2.75, 3.05) is 0 Å². The van der Waals surface area contributed by atoms with Crippen LogP contribution in [0, 0.1) is 29.0 Å². The summed E-state index contributed by atoms with van der Waals surface area (Å²) >= 11 is 28.3. The van der Waals surface area contributed by atoms with E-state index in [4.69, 9.17) is 71.5 Å². The van der Waals surface area contributed by atoms with Crippen LogP contribution in [0.5, 0.6) is 0 Å². The summed E-state index contributed by atoms with van der Waals surface area (Å²) in [4.78, 5) is 23.6. The molecule has 412 valence electrons. The van der Waals surface area contributed by atoms with Gasteiger partial charge in [0.1, 0.15) is 61.0 Å². The highest BCUT2D eigenvalue weighted by molar-refractivity contribution is 7.19. The first-order valence-corrected chi connectivity index (χ1v) is 29.1. The molecule has 4 aromatic carbocycles. The van der Waals surface area contributed by atoms with Crippen molar-refractivity contribution in [1.82, 2.24) is 20.3 Å². The van der Waals surface area contributed by atoms with Crippen molar-refractivity contribution < 1.29 is 47.4 Å². The van der Waals surface area contributed by atoms with Crippen molar-refractivity contribution in [3.63, 3.8) is 0 Å². The van der Waals surface area contributed by atoms with Gasteiger partial charge in [0.2, 0.25) is 0 Å². The molecule has 0 amide bonds. The van der Waals surface area contributed by atoms with E-state index >= 15 is 0 Å². The summed E-state index contributed by atoms with van der Waals surface area (Å²) in [6, 6.07) is 15.8. The molecule has 0 radical (unpaired) electrons. The molecule has 4 heterocycles. The summed E-state index contributed by atoms with van der Waals surface area (Å²) in [6.45, 7) is 15.6. The second kappa shape index (κ2) is 21.3. The summed E-state index contributed by atoms with van der Waals surface area (Å²) in [5.74, 6) is -0.237. The van der Waals surface area contributed by atoms with Gasteiger partial charge in [-0.05, 0) is 113 Å². The van der Waals surface area contributed by atoms with Gasteiger partial charge in [-0.2, -0.15) is 0 Å². The Morgan fingerprint density at radius 3 is 1.49 bits per heavy atom. The van der Waals surface area contributed by atoms with Gasteiger partial charge in [-0.1, -0.05) is 96.5 Å². The van der Waals surface area contributed by atoms with Crippen LogP contribution in [0.25, 0.3) is 47.8 Å². The van der Waals surface area contributed by atoms with Gasteiger partial charge in [0.05, 0.1) is 62.3 Å². The van der Waals surface area contributed by atoms with E-state index in [0.717, 1.165) is 65.7 Å². The van der Waals surface area contributed by atoms with Crippen LogP contribution >= 0.6 is 69.1 Å². The number of benzene rings is 4. The second-order valence-corrected chi connectivity index (χ2v) is 26.1. The summed E-state index contributed by atoms with van der Waals surface area (Å²) in [7, 11) is 0. The molecule has 4 atom stereocenters. The van der Waals surface area contributed by atoms with Crippen molar-refractivity contribution in [1.29, 1.82) is 0 Å². The van der Waals surface area contributed by atoms with Crippen molar-refractivity contribution in [2.45, 2.75) is 140 Å². The smallest absolute Gasteiger partial charge is 0.335 e. The lowest BCUT2D eigenvalue weighted by Crippen LogP contribution is -2.48. The fourth-order valence-corrected chi connectivity index (χ4v) is 15.0. The first-order valence-electron chi connectivity index (χ1n) is 25.9. The van der Waals surface area contributed by atoms with E-state index in [-0.39, 0.29) is 47.7 Å². The third-order valence-electron chi connectivity index (χ3n) is 16.2. The van der Waals surface area contributed by atoms with Gasteiger partial charge in [-0.25, -0.2) is 28.4 Å². The molecule has 4 fully saturated rings. The Balaban J connectivity index is 0.000000167. The molecule has 0 aliphatic heterocycles. The molecular weight excluding hydrogens is 1140 g/mol. The van der Waals surface area contributed by atoms with Crippen molar-refractivity contribution in [2.24, 2.45) is 10.8 Å². The van der Waals surface area contributed by atoms with Gasteiger partial charge in [-0.3, -0.25) is 0 Å². The van der Waals surface area contributed by atoms with Crippen LogP contribution in [0.4, 0.5) is 14.5 Å². The van der Waals surface area contributed by atoms with E-state index in [9.17, 15) is 28.9 Å². The van der Waals surface area contributed by atoms with Gasteiger partial charge in [0.25, 0.3) is 0 Å². The Kier molecular flexibility index (Phi) is 15.1. The molecule has 8 aromatic rings. The highest BCUT2D eigenvalue weighted by atomic mass is 35.5. The summed E-state index contributed by atoms with van der Waals surface area (Å²) in [5, 5.41) is 44.6. The first-order chi connectivity index (χ1) is 37.6. The zero-order valence-electron chi connectivity index (χ0n) is 43.3. The van der Waals surface area contributed by atoms with E-state index < -0.39 is 39.6 Å². The minimum absolute atomic E-state index is 0.0680. The predicted octanol–water partition coefficient (Wildman–Crippen LogP) is 16.8. The average Bonchev–Trinajstić information content (AvgIpc) is 4.43. The number of nitrogens with zero attached hydrogens (tertiary/aromatic N) is 5. The molecule has 21 heteroatoms. The van der Waals surface area contributed by atoms with Crippen LogP contribution in [0.3, 0.4) is 0 Å². The molecule has 4 aliphatic carbocycles. The highest BCUT2D eigenvalue weighted by Crippen LogP contribution is 2.55. The van der Waals surface area contributed by atoms with Crippen molar-refractivity contribution in [3.8, 4) is 22.5 Å². The lowest BCUT2D eigenvalue weighted by molar-refractivity contribution is -0.146. The van der Waals surface area contributed by atoms with Crippen molar-refractivity contribution in [3.05, 3.63) is 142 Å². The first kappa shape index (κ1) is 55.8. The molecule has 0 bridgehead atoms. The molecule has 4 aromatic heterocycles. The Bertz CT molecular complexity index is 3700. The number of fused-ring (bicyclic) bond motifs is 2. The molecule has 0 saturated heterocycles. The molecule has 12 rings (SSSR count). The maximum Gasteiger partial charge on any atom is 0.335 e. The van der Waals surface area contributed by atoms with Crippen LogP contribution in [0.15, 0.2) is 69.7 Å². The molecular formula is C58H53Cl4F2N5O8S2. The van der Waals surface area contributed by atoms with Gasteiger partial charge >= 0.3 is 5.97 Å². The van der Waals surface area contributed by atoms with E-state index in [2.05, 4.69) is 25.1 Å². The number of carbonyl (C=O) groups is 1. The number of hydrogen-bond acceptors (Lipinski definition) is 13. The Hall–Kier alpha value is -5.10. The van der Waals surface area contributed by atoms with Gasteiger partial charge in [0, 0.05) is 49.6 Å². The molecule has 3 N–H and O–H groups in total. The summed E-state index contributed by atoms with van der Waals surface area (Å²) in [6.07, 6.45) is 6.83. The second-order valence-electron chi connectivity index (χ2n) is 22.4. The zero-order valence-corrected chi connectivity index (χ0v) is 47.9. The lowest BCUT2D eigenvalue weighted by Gasteiger charge is -2.47. The van der Waals surface area contributed by atoms with Gasteiger partial charge < -0.3 is 33.8 Å². The lowest BCUT2D eigenvalue weighted by atomic mass is 9.64. The normalized spacial score (nSPS) is 22.7. The largest absolute Gasteiger partial charge is 0.478 e. The predicted molar refractivity (Wildman–Crippen MR) is 300 cm³/mol. The number of carboxylic acid groups (broad SMARTS) is 1. The number of thiazole rings is 2. The van der Waals surface area contributed by atoms with Crippen LogP contribution < -0.4 is 0 Å². The quantitative estimate of drug-likeness (QED) is 0.0932. The van der Waals surface area contributed by atoms with E-state index in [1.807, 2.05) is 27.7 Å². The number of aromatic nitrogens is 4. The van der Waals surface area contributed by atoms with Gasteiger partial charge in [-0.15, -0.1) is 22.7 Å². The minimum atomic E-state index is -1.33. The maximum absolute atomic E-state index is 14.7. The maximum atomic E-state index is 14.7. The van der Waals surface area contributed by atoms with Crippen LogP contribution in [0.1, 0.15) is 147 Å². The number of aromatic carboxylic acids is 1. The number of rotatable bonds is 13.